The number of hydrogen-bond donors (Lipinski definition) is 1. The number of benzene rings is 2. The summed E-state index contributed by atoms with van der Waals surface area (Å²) < 4.78 is 6.41. The second-order valence-corrected chi connectivity index (χ2v) is 7.07. The van der Waals surface area contributed by atoms with Crippen molar-refractivity contribution in [1.82, 2.24) is 9.55 Å². The highest BCUT2D eigenvalue weighted by atomic mass is 16.5. The number of hydrogen-bond acceptors (Lipinski definition) is 5. The molecule has 148 valence electrons. The molecule has 7 heteroatoms. The number of carbonyl (C=O) groups is 2. The third-order valence-electron chi connectivity index (χ3n) is 4.96. The van der Waals surface area contributed by atoms with Crippen LogP contribution in [0, 0.1) is 0 Å². The predicted octanol–water partition coefficient (Wildman–Crippen LogP) is 3.09. The molecule has 3 aromatic rings. The topological polar surface area (TPSA) is 90.3 Å². The third kappa shape index (κ3) is 4.03. The minimum Gasteiger partial charge on any atom is -0.465 e. The number of fused-ring (bicyclic) bond motifs is 1. The summed E-state index contributed by atoms with van der Waals surface area (Å²) in [5.41, 5.74) is 1.63. The van der Waals surface area contributed by atoms with Crippen molar-refractivity contribution in [2.75, 3.05) is 12.4 Å². The van der Waals surface area contributed by atoms with Gasteiger partial charge in [-0.2, -0.15) is 0 Å². The highest BCUT2D eigenvalue weighted by Gasteiger charge is 2.28. The quantitative estimate of drug-likeness (QED) is 0.652. The molecule has 1 aliphatic rings. The van der Waals surface area contributed by atoms with E-state index in [1.807, 2.05) is 18.2 Å². The van der Waals surface area contributed by atoms with Gasteiger partial charge in [-0.25, -0.2) is 9.78 Å². The number of nitrogens with zero attached hydrogens (tertiary/aromatic N) is 2. The fourth-order valence-corrected chi connectivity index (χ4v) is 3.33. The minimum atomic E-state index is -0.427. The highest BCUT2D eigenvalue weighted by Crippen LogP contribution is 2.34. The Labute approximate surface area is 167 Å². The molecule has 1 aromatic heterocycles. The second-order valence-electron chi connectivity index (χ2n) is 7.07. The van der Waals surface area contributed by atoms with Gasteiger partial charge in [-0.3, -0.25) is 14.2 Å². The van der Waals surface area contributed by atoms with Crippen LogP contribution in [0.2, 0.25) is 0 Å². The fourth-order valence-electron chi connectivity index (χ4n) is 3.33. The molecule has 4 rings (SSSR count). The van der Waals surface area contributed by atoms with Crippen molar-refractivity contribution in [3.8, 4) is 0 Å². The Bertz CT molecular complexity index is 1130. The average Bonchev–Trinajstić information content (AvgIpc) is 3.57. The van der Waals surface area contributed by atoms with Gasteiger partial charge in [0.1, 0.15) is 5.82 Å². The zero-order valence-corrected chi connectivity index (χ0v) is 16.1. The SMILES string of the molecule is COC(=O)c1ccc(NC(=O)CCc2nc3ccccc3c(=O)n2C2CC2)cc1. The molecule has 1 amide bonds. The Balaban J connectivity index is 1.48. The molecule has 0 spiro atoms. The van der Waals surface area contributed by atoms with Crippen LogP contribution in [0.15, 0.2) is 53.3 Å². The van der Waals surface area contributed by atoms with Gasteiger partial charge in [-0.1, -0.05) is 12.1 Å². The Morgan fingerprint density at radius 1 is 1.14 bits per heavy atom. The number of aromatic nitrogens is 2. The number of esters is 1. The van der Waals surface area contributed by atoms with E-state index in [4.69, 9.17) is 0 Å². The van der Waals surface area contributed by atoms with Crippen LogP contribution in [-0.4, -0.2) is 28.5 Å². The second kappa shape index (κ2) is 7.87. The van der Waals surface area contributed by atoms with Gasteiger partial charge in [0.2, 0.25) is 5.91 Å². The first-order valence-electron chi connectivity index (χ1n) is 9.55. The number of aryl methyl sites for hydroxylation is 1. The van der Waals surface area contributed by atoms with Crippen LogP contribution in [0.3, 0.4) is 0 Å². The van der Waals surface area contributed by atoms with E-state index < -0.39 is 5.97 Å². The lowest BCUT2D eigenvalue weighted by molar-refractivity contribution is -0.116. The predicted molar refractivity (Wildman–Crippen MR) is 109 cm³/mol. The monoisotopic (exact) mass is 391 g/mol. The molecule has 0 bridgehead atoms. The lowest BCUT2D eigenvalue weighted by Gasteiger charge is -2.13. The first-order chi connectivity index (χ1) is 14.1. The fraction of sp³-hybridized carbons (Fsp3) is 0.273. The van der Waals surface area contributed by atoms with Crippen molar-refractivity contribution < 1.29 is 14.3 Å². The van der Waals surface area contributed by atoms with Gasteiger partial charge in [0.15, 0.2) is 0 Å². The molecule has 1 N–H and O–H groups in total. The van der Waals surface area contributed by atoms with Crippen LogP contribution in [0.1, 0.15) is 41.5 Å². The smallest absolute Gasteiger partial charge is 0.337 e. The van der Waals surface area contributed by atoms with Crippen LogP contribution >= 0.6 is 0 Å². The van der Waals surface area contributed by atoms with E-state index in [0.717, 1.165) is 12.8 Å². The number of nitrogens with one attached hydrogen (secondary N) is 1. The van der Waals surface area contributed by atoms with E-state index in [1.54, 1.807) is 34.9 Å². The van der Waals surface area contributed by atoms with Crippen LogP contribution in [0.25, 0.3) is 10.9 Å². The molecule has 0 radical (unpaired) electrons. The van der Waals surface area contributed by atoms with Crippen molar-refractivity contribution in [3.05, 3.63) is 70.3 Å². The molecule has 2 aromatic carbocycles. The summed E-state index contributed by atoms with van der Waals surface area (Å²) in [5, 5.41) is 3.42. The Kier molecular flexibility index (Phi) is 5.12. The third-order valence-corrected chi connectivity index (χ3v) is 4.96. The van der Waals surface area contributed by atoms with Gasteiger partial charge >= 0.3 is 5.97 Å². The first-order valence-corrected chi connectivity index (χ1v) is 9.55. The zero-order valence-electron chi connectivity index (χ0n) is 16.1. The summed E-state index contributed by atoms with van der Waals surface area (Å²) in [6, 6.07) is 14.0. The summed E-state index contributed by atoms with van der Waals surface area (Å²) in [5.74, 6) is 0.0382. The van der Waals surface area contributed by atoms with Gasteiger partial charge in [0.05, 0.1) is 23.6 Å². The van der Waals surface area contributed by atoms with Crippen molar-refractivity contribution in [3.63, 3.8) is 0 Å². The normalized spacial score (nSPS) is 13.3. The van der Waals surface area contributed by atoms with E-state index in [2.05, 4.69) is 15.0 Å². The summed E-state index contributed by atoms with van der Waals surface area (Å²) in [7, 11) is 1.32. The number of ether oxygens (including phenoxy) is 1. The maximum absolute atomic E-state index is 12.9. The molecule has 1 aliphatic carbocycles. The molecule has 1 fully saturated rings. The van der Waals surface area contributed by atoms with E-state index in [0.29, 0.717) is 34.4 Å². The van der Waals surface area contributed by atoms with Gasteiger partial charge in [-0.05, 0) is 49.2 Å². The molecule has 0 unspecified atom stereocenters. The van der Waals surface area contributed by atoms with Crippen LogP contribution in [0.5, 0.6) is 0 Å². The highest BCUT2D eigenvalue weighted by molar-refractivity contribution is 5.93. The van der Waals surface area contributed by atoms with Crippen molar-refractivity contribution in [1.29, 1.82) is 0 Å². The number of amides is 1. The maximum Gasteiger partial charge on any atom is 0.337 e. The summed E-state index contributed by atoms with van der Waals surface area (Å²) in [6.07, 6.45) is 2.51. The Morgan fingerprint density at radius 3 is 2.55 bits per heavy atom. The van der Waals surface area contributed by atoms with Crippen LogP contribution < -0.4 is 10.9 Å². The standard InChI is InChI=1S/C22H21N3O4/c1-29-22(28)14-6-8-15(9-7-14)23-20(26)13-12-19-24-18-5-3-2-4-17(18)21(27)25(19)16-10-11-16/h2-9,16H,10-13H2,1H3,(H,23,26). The average molecular weight is 391 g/mol. The number of para-hydroxylation sites is 1. The lowest BCUT2D eigenvalue weighted by Crippen LogP contribution is -2.25. The summed E-state index contributed by atoms with van der Waals surface area (Å²) in [4.78, 5) is 41.4. The van der Waals surface area contributed by atoms with Crippen LogP contribution in [0.4, 0.5) is 5.69 Å². The Morgan fingerprint density at radius 2 is 1.86 bits per heavy atom. The van der Waals surface area contributed by atoms with E-state index in [-0.39, 0.29) is 23.9 Å². The molecular formula is C22H21N3O4. The summed E-state index contributed by atoms with van der Waals surface area (Å²) in [6.45, 7) is 0. The maximum atomic E-state index is 12.9. The van der Waals surface area contributed by atoms with Crippen molar-refractivity contribution in [2.24, 2.45) is 0 Å². The van der Waals surface area contributed by atoms with E-state index in [1.165, 1.54) is 7.11 Å². The molecule has 29 heavy (non-hydrogen) atoms. The molecule has 0 atom stereocenters. The molecule has 1 heterocycles. The molecule has 7 nitrogen and oxygen atoms in total. The molecule has 0 saturated heterocycles. The van der Waals surface area contributed by atoms with Crippen molar-refractivity contribution in [2.45, 2.75) is 31.7 Å². The molecular weight excluding hydrogens is 370 g/mol. The number of rotatable bonds is 6. The summed E-state index contributed by atoms with van der Waals surface area (Å²) >= 11 is 0. The minimum absolute atomic E-state index is 0.0353. The number of anilines is 1. The first kappa shape index (κ1) is 18.9. The largest absolute Gasteiger partial charge is 0.465 e. The zero-order chi connectivity index (χ0) is 20.4. The Hall–Kier alpha value is -3.48. The van der Waals surface area contributed by atoms with Gasteiger partial charge in [-0.15, -0.1) is 0 Å². The van der Waals surface area contributed by atoms with Crippen molar-refractivity contribution >= 4 is 28.5 Å². The number of carbonyl (C=O) groups excluding carboxylic acids is 2. The number of methoxy groups -OCH3 is 1. The van der Waals surface area contributed by atoms with E-state index >= 15 is 0 Å². The van der Waals surface area contributed by atoms with Gasteiger partial charge in [0, 0.05) is 24.6 Å². The van der Waals surface area contributed by atoms with Crippen LogP contribution in [-0.2, 0) is 16.0 Å². The molecule has 0 aliphatic heterocycles. The van der Waals surface area contributed by atoms with E-state index in [9.17, 15) is 14.4 Å². The van der Waals surface area contributed by atoms with Gasteiger partial charge < -0.3 is 10.1 Å². The molecule has 1 saturated carbocycles. The lowest BCUT2D eigenvalue weighted by atomic mass is 10.2. The van der Waals surface area contributed by atoms with Gasteiger partial charge in [0.25, 0.3) is 5.56 Å².